The fourth-order valence-corrected chi connectivity index (χ4v) is 2.72. The standard InChI is InChI=1S/C18H24N4O4/c1-25-17-10-15(16(22(23)24)11-18(17)26-2)13-21(9-3-6-19)12-14-4-7-20-8-5-14/h4-5,7-8,10-11H,3,6,9,12-13,19H2,1-2H3. The fourth-order valence-electron chi connectivity index (χ4n) is 2.72. The second-order valence-corrected chi connectivity index (χ2v) is 5.80. The van der Waals surface area contributed by atoms with Crippen LogP contribution in [0.5, 0.6) is 11.5 Å². The minimum absolute atomic E-state index is 0.00938. The molecule has 1 heterocycles. The largest absolute Gasteiger partial charge is 0.493 e. The van der Waals surface area contributed by atoms with Crippen molar-refractivity contribution < 1.29 is 14.4 Å². The predicted octanol–water partition coefficient (Wildman–Crippen LogP) is 2.36. The summed E-state index contributed by atoms with van der Waals surface area (Å²) in [6, 6.07) is 6.93. The van der Waals surface area contributed by atoms with Gasteiger partial charge in [-0.2, -0.15) is 0 Å². The highest BCUT2D eigenvalue weighted by Crippen LogP contribution is 2.35. The molecule has 1 aromatic carbocycles. The van der Waals surface area contributed by atoms with E-state index in [1.807, 2.05) is 12.1 Å². The number of nitro benzene ring substituents is 1. The lowest BCUT2D eigenvalue weighted by atomic mass is 10.1. The molecule has 2 N–H and O–H groups in total. The van der Waals surface area contributed by atoms with Crippen molar-refractivity contribution in [3.05, 3.63) is 57.9 Å². The maximum absolute atomic E-state index is 11.5. The van der Waals surface area contributed by atoms with Gasteiger partial charge in [0.1, 0.15) is 0 Å². The van der Waals surface area contributed by atoms with Gasteiger partial charge in [-0.25, -0.2) is 0 Å². The highest BCUT2D eigenvalue weighted by molar-refractivity contribution is 5.54. The number of aromatic nitrogens is 1. The third-order valence-corrected chi connectivity index (χ3v) is 4.01. The molecule has 2 rings (SSSR count). The number of methoxy groups -OCH3 is 2. The number of ether oxygens (including phenoxy) is 2. The van der Waals surface area contributed by atoms with Crippen molar-refractivity contribution in [2.45, 2.75) is 19.5 Å². The Morgan fingerprint density at radius 3 is 2.38 bits per heavy atom. The number of nitrogens with zero attached hydrogens (tertiary/aromatic N) is 3. The molecule has 1 aromatic heterocycles. The van der Waals surface area contributed by atoms with Crippen LogP contribution in [0.2, 0.25) is 0 Å². The molecular formula is C18H24N4O4. The van der Waals surface area contributed by atoms with Crippen LogP contribution in [0.15, 0.2) is 36.7 Å². The number of nitro groups is 1. The quantitative estimate of drug-likeness (QED) is 0.512. The average Bonchev–Trinajstić information content (AvgIpc) is 2.66. The molecule has 0 amide bonds. The van der Waals surface area contributed by atoms with Crippen LogP contribution in [0.4, 0.5) is 5.69 Å². The third-order valence-electron chi connectivity index (χ3n) is 4.01. The van der Waals surface area contributed by atoms with Crippen molar-refractivity contribution in [1.82, 2.24) is 9.88 Å². The van der Waals surface area contributed by atoms with Crippen molar-refractivity contribution in [1.29, 1.82) is 0 Å². The lowest BCUT2D eigenvalue weighted by molar-refractivity contribution is -0.385. The van der Waals surface area contributed by atoms with Gasteiger partial charge < -0.3 is 15.2 Å². The lowest BCUT2D eigenvalue weighted by Crippen LogP contribution is -2.26. The molecule has 0 saturated carbocycles. The Morgan fingerprint density at radius 1 is 1.15 bits per heavy atom. The van der Waals surface area contributed by atoms with Crippen LogP contribution >= 0.6 is 0 Å². The molecule has 0 fully saturated rings. The molecule has 0 aliphatic carbocycles. The first-order chi connectivity index (χ1) is 12.6. The van der Waals surface area contributed by atoms with E-state index in [4.69, 9.17) is 15.2 Å². The average molecular weight is 360 g/mol. The van der Waals surface area contributed by atoms with Crippen molar-refractivity contribution in [2.75, 3.05) is 27.3 Å². The maximum Gasteiger partial charge on any atom is 0.277 e. The lowest BCUT2D eigenvalue weighted by Gasteiger charge is -2.22. The summed E-state index contributed by atoms with van der Waals surface area (Å²) >= 11 is 0. The first kappa shape index (κ1) is 19.6. The van der Waals surface area contributed by atoms with E-state index in [0.717, 1.165) is 18.5 Å². The van der Waals surface area contributed by atoms with Crippen LogP contribution < -0.4 is 15.2 Å². The third kappa shape index (κ3) is 5.14. The minimum atomic E-state index is -0.398. The van der Waals surface area contributed by atoms with E-state index in [2.05, 4.69) is 9.88 Å². The Labute approximate surface area is 152 Å². The van der Waals surface area contributed by atoms with Crippen LogP contribution in [0.3, 0.4) is 0 Å². The normalized spacial score (nSPS) is 10.8. The Kier molecular flexibility index (Phi) is 7.31. The molecule has 26 heavy (non-hydrogen) atoms. The number of rotatable bonds is 10. The van der Waals surface area contributed by atoms with Gasteiger partial charge in [-0.1, -0.05) is 0 Å². The summed E-state index contributed by atoms with van der Waals surface area (Å²) in [4.78, 5) is 17.2. The van der Waals surface area contributed by atoms with Crippen LogP contribution in [-0.4, -0.2) is 42.1 Å². The molecule has 2 aromatic rings. The molecule has 8 nitrogen and oxygen atoms in total. The Balaban J connectivity index is 2.31. The molecule has 0 unspecified atom stereocenters. The van der Waals surface area contributed by atoms with Crippen molar-refractivity contribution >= 4 is 5.69 Å². The molecule has 0 atom stereocenters. The molecule has 0 radical (unpaired) electrons. The summed E-state index contributed by atoms with van der Waals surface area (Å²) in [5.74, 6) is 0.807. The van der Waals surface area contributed by atoms with E-state index in [9.17, 15) is 10.1 Å². The topological polar surface area (TPSA) is 104 Å². The van der Waals surface area contributed by atoms with Crippen molar-refractivity contribution in [3.63, 3.8) is 0 Å². The Hall–Kier alpha value is -2.71. The number of pyridine rings is 1. The van der Waals surface area contributed by atoms with E-state index in [-0.39, 0.29) is 5.69 Å². The Morgan fingerprint density at radius 2 is 1.81 bits per heavy atom. The molecule has 0 aliphatic rings. The minimum Gasteiger partial charge on any atom is -0.493 e. The summed E-state index contributed by atoms with van der Waals surface area (Å²) in [7, 11) is 2.97. The van der Waals surface area contributed by atoms with Crippen LogP contribution in [0.1, 0.15) is 17.5 Å². The van der Waals surface area contributed by atoms with Gasteiger partial charge in [-0.3, -0.25) is 20.0 Å². The molecule has 0 bridgehead atoms. The molecule has 8 heteroatoms. The van der Waals surface area contributed by atoms with E-state index in [0.29, 0.717) is 36.7 Å². The van der Waals surface area contributed by atoms with Gasteiger partial charge in [0.15, 0.2) is 11.5 Å². The molecule has 140 valence electrons. The summed E-state index contributed by atoms with van der Waals surface area (Å²) in [6.45, 7) is 2.33. The summed E-state index contributed by atoms with van der Waals surface area (Å²) in [5.41, 5.74) is 7.30. The number of benzene rings is 1. The van der Waals surface area contributed by atoms with Gasteiger partial charge >= 0.3 is 0 Å². The smallest absolute Gasteiger partial charge is 0.277 e. The second-order valence-electron chi connectivity index (χ2n) is 5.80. The van der Waals surface area contributed by atoms with Crippen LogP contribution in [-0.2, 0) is 13.1 Å². The van der Waals surface area contributed by atoms with Gasteiger partial charge in [0.05, 0.1) is 25.2 Å². The van der Waals surface area contributed by atoms with Crippen LogP contribution in [0.25, 0.3) is 0 Å². The monoisotopic (exact) mass is 360 g/mol. The van der Waals surface area contributed by atoms with Gasteiger partial charge in [-0.05, 0) is 36.7 Å². The van der Waals surface area contributed by atoms with Gasteiger partial charge in [0, 0.05) is 37.6 Å². The molecule has 0 saturated heterocycles. The van der Waals surface area contributed by atoms with Crippen molar-refractivity contribution in [2.24, 2.45) is 5.73 Å². The number of hydrogen-bond donors (Lipinski definition) is 1. The molecular weight excluding hydrogens is 336 g/mol. The SMILES string of the molecule is COc1cc(CN(CCCN)Cc2ccncc2)c([N+](=O)[O-])cc1OC. The highest BCUT2D eigenvalue weighted by atomic mass is 16.6. The molecule has 0 aliphatic heterocycles. The second kappa shape index (κ2) is 9.69. The summed E-state index contributed by atoms with van der Waals surface area (Å²) < 4.78 is 10.5. The van der Waals surface area contributed by atoms with Gasteiger partial charge in [0.2, 0.25) is 0 Å². The van der Waals surface area contributed by atoms with Crippen molar-refractivity contribution in [3.8, 4) is 11.5 Å². The van der Waals surface area contributed by atoms with E-state index in [1.165, 1.54) is 20.3 Å². The molecule has 0 spiro atoms. The Bertz CT molecular complexity index is 725. The first-order valence-corrected chi connectivity index (χ1v) is 8.29. The van der Waals surface area contributed by atoms with E-state index >= 15 is 0 Å². The zero-order chi connectivity index (χ0) is 18.9. The fraction of sp³-hybridized carbons (Fsp3) is 0.389. The summed E-state index contributed by atoms with van der Waals surface area (Å²) in [5, 5.41) is 11.5. The highest BCUT2D eigenvalue weighted by Gasteiger charge is 2.21. The van der Waals surface area contributed by atoms with Gasteiger partial charge in [-0.15, -0.1) is 0 Å². The predicted molar refractivity (Wildman–Crippen MR) is 98.2 cm³/mol. The summed E-state index contributed by atoms with van der Waals surface area (Å²) in [6.07, 6.45) is 4.26. The zero-order valence-electron chi connectivity index (χ0n) is 15.1. The van der Waals surface area contributed by atoms with E-state index in [1.54, 1.807) is 18.5 Å². The zero-order valence-corrected chi connectivity index (χ0v) is 15.1. The first-order valence-electron chi connectivity index (χ1n) is 8.29. The maximum atomic E-state index is 11.5. The number of nitrogens with two attached hydrogens (primary N) is 1. The van der Waals surface area contributed by atoms with E-state index < -0.39 is 4.92 Å². The number of hydrogen-bond acceptors (Lipinski definition) is 7. The van der Waals surface area contributed by atoms with Gasteiger partial charge in [0.25, 0.3) is 5.69 Å². The van der Waals surface area contributed by atoms with Crippen LogP contribution in [0, 0.1) is 10.1 Å².